The molecule has 2 aromatic rings. The first kappa shape index (κ1) is 13.3. The van der Waals surface area contributed by atoms with Crippen molar-refractivity contribution in [2.45, 2.75) is 28.6 Å². The van der Waals surface area contributed by atoms with Crippen molar-refractivity contribution in [1.29, 1.82) is 0 Å². The summed E-state index contributed by atoms with van der Waals surface area (Å²) in [5, 5.41) is 19.5. The van der Waals surface area contributed by atoms with Crippen LogP contribution in [0.15, 0.2) is 46.2 Å². The number of rotatable bonds is 3. The largest absolute Gasteiger partial charge is 0.508 e. The first-order valence-electron chi connectivity index (χ1n) is 6.73. The molecule has 0 amide bonds. The topological polar surface area (TPSA) is 66.5 Å². The SMILES string of the molecule is NCCCC1c2cc(O)ccc2Sc2ccc(O)cc21. The van der Waals surface area contributed by atoms with E-state index in [1.54, 1.807) is 23.9 Å². The van der Waals surface area contributed by atoms with Crippen molar-refractivity contribution in [3.8, 4) is 11.5 Å². The molecule has 1 heterocycles. The van der Waals surface area contributed by atoms with Gasteiger partial charge in [0.1, 0.15) is 11.5 Å². The van der Waals surface area contributed by atoms with Crippen LogP contribution in [-0.2, 0) is 0 Å². The van der Waals surface area contributed by atoms with Gasteiger partial charge in [0.05, 0.1) is 0 Å². The van der Waals surface area contributed by atoms with E-state index in [1.807, 2.05) is 24.3 Å². The average molecular weight is 287 g/mol. The molecule has 0 aromatic heterocycles. The molecular formula is C16H17NO2S. The number of aromatic hydroxyl groups is 2. The van der Waals surface area contributed by atoms with Gasteiger partial charge in [-0.05, 0) is 66.9 Å². The number of phenolic OH excluding ortho intramolecular Hbond substituents is 2. The minimum Gasteiger partial charge on any atom is -0.508 e. The second kappa shape index (κ2) is 5.38. The summed E-state index contributed by atoms with van der Waals surface area (Å²) in [5.74, 6) is 0.750. The first-order chi connectivity index (χ1) is 9.69. The van der Waals surface area contributed by atoms with E-state index in [9.17, 15) is 10.2 Å². The van der Waals surface area contributed by atoms with E-state index < -0.39 is 0 Å². The molecule has 3 rings (SSSR count). The molecule has 0 fully saturated rings. The normalized spacial score (nSPS) is 13.8. The Hall–Kier alpha value is -1.65. The van der Waals surface area contributed by atoms with E-state index in [-0.39, 0.29) is 17.4 Å². The van der Waals surface area contributed by atoms with Crippen molar-refractivity contribution in [3.63, 3.8) is 0 Å². The molecule has 0 radical (unpaired) electrons. The van der Waals surface area contributed by atoms with Crippen molar-refractivity contribution >= 4 is 11.8 Å². The maximum absolute atomic E-state index is 9.75. The van der Waals surface area contributed by atoms with Crippen LogP contribution in [0.2, 0.25) is 0 Å². The second-order valence-electron chi connectivity index (χ2n) is 5.03. The third kappa shape index (κ3) is 2.37. The van der Waals surface area contributed by atoms with Crippen molar-refractivity contribution in [2.75, 3.05) is 6.54 Å². The summed E-state index contributed by atoms with van der Waals surface area (Å²) >= 11 is 1.68. The lowest BCUT2D eigenvalue weighted by atomic mass is 9.86. The van der Waals surface area contributed by atoms with Gasteiger partial charge in [-0.3, -0.25) is 0 Å². The molecule has 3 nitrogen and oxygen atoms in total. The Morgan fingerprint density at radius 2 is 1.50 bits per heavy atom. The summed E-state index contributed by atoms with van der Waals surface area (Å²) in [6.07, 6.45) is 1.84. The Bertz CT molecular complexity index is 591. The fourth-order valence-corrected chi connectivity index (χ4v) is 3.87. The van der Waals surface area contributed by atoms with E-state index in [2.05, 4.69) is 0 Å². The fraction of sp³-hybridized carbons (Fsp3) is 0.250. The summed E-state index contributed by atoms with van der Waals surface area (Å²) in [5.41, 5.74) is 7.89. The molecule has 0 bridgehead atoms. The molecule has 1 aliphatic rings. The maximum Gasteiger partial charge on any atom is 0.115 e. The second-order valence-corrected chi connectivity index (χ2v) is 6.11. The summed E-state index contributed by atoms with van der Waals surface area (Å²) in [7, 11) is 0. The quantitative estimate of drug-likeness (QED) is 0.809. The minimum absolute atomic E-state index is 0.184. The number of phenols is 2. The molecule has 2 aromatic carbocycles. The summed E-state index contributed by atoms with van der Waals surface area (Å²) in [6, 6.07) is 11.0. The lowest BCUT2D eigenvalue weighted by molar-refractivity contribution is 0.471. The highest BCUT2D eigenvalue weighted by atomic mass is 32.2. The van der Waals surface area contributed by atoms with Crippen LogP contribution < -0.4 is 5.73 Å². The van der Waals surface area contributed by atoms with Crippen LogP contribution in [0.1, 0.15) is 29.9 Å². The molecule has 0 atom stereocenters. The van der Waals surface area contributed by atoms with E-state index in [1.165, 1.54) is 9.79 Å². The lowest BCUT2D eigenvalue weighted by Gasteiger charge is -2.28. The van der Waals surface area contributed by atoms with Gasteiger partial charge in [-0.2, -0.15) is 0 Å². The van der Waals surface area contributed by atoms with Crippen LogP contribution in [-0.4, -0.2) is 16.8 Å². The van der Waals surface area contributed by atoms with Gasteiger partial charge in [-0.25, -0.2) is 0 Å². The highest BCUT2D eigenvalue weighted by molar-refractivity contribution is 7.99. The third-order valence-corrected chi connectivity index (χ3v) is 4.84. The molecule has 4 N–H and O–H groups in total. The molecule has 20 heavy (non-hydrogen) atoms. The zero-order chi connectivity index (χ0) is 14.1. The highest BCUT2D eigenvalue weighted by Gasteiger charge is 2.26. The van der Waals surface area contributed by atoms with E-state index >= 15 is 0 Å². The average Bonchev–Trinajstić information content (AvgIpc) is 2.44. The molecule has 0 saturated heterocycles. The van der Waals surface area contributed by atoms with Gasteiger partial charge < -0.3 is 15.9 Å². The van der Waals surface area contributed by atoms with E-state index in [4.69, 9.17) is 5.73 Å². The van der Waals surface area contributed by atoms with Gasteiger partial charge in [0.15, 0.2) is 0 Å². The predicted molar refractivity (Wildman–Crippen MR) is 80.5 cm³/mol. The van der Waals surface area contributed by atoms with Crippen LogP contribution in [0.25, 0.3) is 0 Å². The Kier molecular flexibility index (Phi) is 3.59. The van der Waals surface area contributed by atoms with Crippen molar-refractivity contribution < 1.29 is 10.2 Å². The summed E-state index contributed by atoms with van der Waals surface area (Å²) < 4.78 is 0. The number of nitrogens with two attached hydrogens (primary N) is 1. The van der Waals surface area contributed by atoms with E-state index in [0.717, 1.165) is 24.0 Å². The van der Waals surface area contributed by atoms with Crippen LogP contribution in [0, 0.1) is 0 Å². The van der Waals surface area contributed by atoms with Gasteiger partial charge >= 0.3 is 0 Å². The van der Waals surface area contributed by atoms with Gasteiger partial charge in [0, 0.05) is 15.7 Å². The van der Waals surface area contributed by atoms with Crippen molar-refractivity contribution in [2.24, 2.45) is 5.73 Å². The van der Waals surface area contributed by atoms with Crippen LogP contribution in [0.3, 0.4) is 0 Å². The Labute approximate surface area is 122 Å². The highest BCUT2D eigenvalue weighted by Crippen LogP contribution is 2.49. The predicted octanol–water partition coefficient (Wildman–Crippen LogP) is 3.43. The van der Waals surface area contributed by atoms with Crippen LogP contribution in [0.5, 0.6) is 11.5 Å². The van der Waals surface area contributed by atoms with Crippen LogP contribution >= 0.6 is 11.8 Å². The van der Waals surface area contributed by atoms with E-state index in [0.29, 0.717) is 6.54 Å². The standard InChI is InChI=1S/C16H17NO2S/c17-7-1-2-12-13-8-10(18)3-5-15(13)20-16-6-4-11(19)9-14(12)16/h3-6,8-9,12,18-19H,1-2,7,17H2. The molecule has 0 unspecified atom stereocenters. The number of hydrogen-bond donors (Lipinski definition) is 3. The van der Waals surface area contributed by atoms with Gasteiger partial charge in [0.25, 0.3) is 0 Å². The van der Waals surface area contributed by atoms with Gasteiger partial charge in [0.2, 0.25) is 0 Å². The molecule has 0 saturated carbocycles. The zero-order valence-electron chi connectivity index (χ0n) is 11.0. The number of fused-ring (bicyclic) bond motifs is 2. The van der Waals surface area contributed by atoms with Crippen molar-refractivity contribution in [1.82, 2.24) is 0 Å². The molecule has 4 heteroatoms. The Balaban J connectivity index is 2.10. The molecule has 104 valence electrons. The first-order valence-corrected chi connectivity index (χ1v) is 7.54. The Morgan fingerprint density at radius 1 is 0.950 bits per heavy atom. The molecular weight excluding hydrogens is 270 g/mol. The van der Waals surface area contributed by atoms with Crippen LogP contribution in [0.4, 0.5) is 0 Å². The summed E-state index contributed by atoms with van der Waals surface area (Å²) in [6.45, 7) is 0.645. The monoisotopic (exact) mass is 287 g/mol. The third-order valence-electron chi connectivity index (χ3n) is 3.65. The number of hydrogen-bond acceptors (Lipinski definition) is 4. The zero-order valence-corrected chi connectivity index (χ0v) is 11.9. The number of benzene rings is 2. The Morgan fingerprint density at radius 3 is 2.00 bits per heavy atom. The van der Waals surface area contributed by atoms with Crippen molar-refractivity contribution in [3.05, 3.63) is 47.5 Å². The smallest absolute Gasteiger partial charge is 0.115 e. The molecule has 1 aliphatic heterocycles. The maximum atomic E-state index is 9.75. The van der Waals surface area contributed by atoms with Gasteiger partial charge in [-0.15, -0.1) is 0 Å². The summed E-state index contributed by atoms with van der Waals surface area (Å²) in [4.78, 5) is 2.34. The molecule has 0 aliphatic carbocycles. The minimum atomic E-state index is 0.184. The fourth-order valence-electron chi connectivity index (χ4n) is 2.72. The van der Waals surface area contributed by atoms with Gasteiger partial charge in [-0.1, -0.05) is 11.8 Å². The lowest BCUT2D eigenvalue weighted by Crippen LogP contribution is -2.10. The molecule has 0 spiro atoms.